The van der Waals surface area contributed by atoms with Gasteiger partial charge in [0.15, 0.2) is 0 Å². The summed E-state index contributed by atoms with van der Waals surface area (Å²) in [5.41, 5.74) is 1.60. The van der Waals surface area contributed by atoms with E-state index in [4.69, 9.17) is 10.00 Å². The zero-order chi connectivity index (χ0) is 12.3. The van der Waals surface area contributed by atoms with Crippen LogP contribution in [-0.4, -0.2) is 35.7 Å². The Morgan fingerprint density at radius 2 is 2.47 bits per heavy atom. The van der Waals surface area contributed by atoms with Gasteiger partial charge in [-0.1, -0.05) is 0 Å². The van der Waals surface area contributed by atoms with Gasteiger partial charge in [0.05, 0.1) is 6.10 Å². The van der Waals surface area contributed by atoms with Crippen LogP contribution in [0.3, 0.4) is 0 Å². The third-order valence-corrected chi connectivity index (χ3v) is 3.27. The Hall–Kier alpha value is -1.44. The molecule has 0 saturated carbocycles. The van der Waals surface area contributed by atoms with Gasteiger partial charge in [-0.25, -0.2) is 4.98 Å². The maximum atomic E-state index is 8.80. The maximum Gasteiger partial charge on any atom is 0.140 e. The summed E-state index contributed by atoms with van der Waals surface area (Å²) in [6.45, 7) is 3.78. The van der Waals surface area contributed by atoms with Crippen molar-refractivity contribution in [2.75, 3.05) is 13.7 Å². The van der Waals surface area contributed by atoms with Gasteiger partial charge in [0.25, 0.3) is 0 Å². The molecule has 2 atom stereocenters. The highest BCUT2D eigenvalue weighted by molar-refractivity contribution is 5.25. The number of hydrogen-bond donors (Lipinski definition) is 0. The molecule has 0 N–H and O–H groups in total. The zero-order valence-electron chi connectivity index (χ0n) is 10.3. The lowest BCUT2D eigenvalue weighted by Crippen LogP contribution is -2.36. The lowest BCUT2D eigenvalue weighted by Gasteiger charge is -2.26. The molecule has 1 saturated heterocycles. The van der Waals surface area contributed by atoms with Gasteiger partial charge in [0.1, 0.15) is 11.8 Å². The van der Waals surface area contributed by atoms with Gasteiger partial charge in [-0.15, -0.1) is 0 Å². The second-order valence-corrected chi connectivity index (χ2v) is 4.51. The van der Waals surface area contributed by atoms with Crippen LogP contribution in [0.1, 0.15) is 24.6 Å². The Morgan fingerprint density at radius 3 is 3.12 bits per heavy atom. The average Bonchev–Trinajstić information content (AvgIpc) is 2.76. The minimum atomic E-state index is 0.289. The van der Waals surface area contributed by atoms with Crippen molar-refractivity contribution >= 4 is 0 Å². The molecule has 0 spiro atoms. The predicted octanol–water partition coefficient (Wildman–Crippen LogP) is 1.56. The van der Waals surface area contributed by atoms with Gasteiger partial charge >= 0.3 is 0 Å². The van der Waals surface area contributed by atoms with Gasteiger partial charge in [-0.3, -0.25) is 4.90 Å². The Balaban J connectivity index is 2.02. The third-order valence-electron chi connectivity index (χ3n) is 3.27. The van der Waals surface area contributed by atoms with Crippen molar-refractivity contribution in [3.05, 3.63) is 29.6 Å². The number of ether oxygens (including phenoxy) is 1. The standard InChI is InChI=1S/C13H17N3O/c1-10-13(4-6-17-10)16(2)9-11-3-5-15-12(7-11)8-14/h3,5,7,10,13H,4,6,9H2,1-2H3. The van der Waals surface area contributed by atoms with Gasteiger partial charge in [0, 0.05) is 25.4 Å². The molecule has 0 aromatic carbocycles. The highest BCUT2D eigenvalue weighted by Crippen LogP contribution is 2.19. The Bertz CT molecular complexity index is 427. The van der Waals surface area contributed by atoms with Crippen LogP contribution in [0.4, 0.5) is 0 Å². The first-order chi connectivity index (χ1) is 8.20. The second-order valence-electron chi connectivity index (χ2n) is 4.51. The fraction of sp³-hybridized carbons (Fsp3) is 0.538. The minimum absolute atomic E-state index is 0.289. The monoisotopic (exact) mass is 231 g/mol. The molecule has 1 aromatic heterocycles. The van der Waals surface area contributed by atoms with Gasteiger partial charge < -0.3 is 4.74 Å². The van der Waals surface area contributed by atoms with E-state index in [0.717, 1.165) is 25.1 Å². The first-order valence-corrected chi connectivity index (χ1v) is 5.87. The second kappa shape index (κ2) is 5.26. The minimum Gasteiger partial charge on any atom is -0.377 e. The number of hydrogen-bond acceptors (Lipinski definition) is 4. The van der Waals surface area contributed by atoms with Crippen molar-refractivity contribution in [2.45, 2.75) is 32.0 Å². The lowest BCUT2D eigenvalue weighted by atomic mass is 10.1. The molecule has 0 amide bonds. The zero-order valence-corrected chi connectivity index (χ0v) is 10.3. The summed E-state index contributed by atoms with van der Waals surface area (Å²) in [5.74, 6) is 0. The van der Waals surface area contributed by atoms with Crippen LogP contribution in [0.15, 0.2) is 18.3 Å². The fourth-order valence-electron chi connectivity index (χ4n) is 2.34. The Labute approximate surface area is 102 Å². The van der Waals surface area contributed by atoms with E-state index in [1.807, 2.05) is 12.1 Å². The first-order valence-electron chi connectivity index (χ1n) is 5.87. The summed E-state index contributed by atoms with van der Waals surface area (Å²) in [6.07, 6.45) is 3.06. The molecule has 0 aliphatic carbocycles. The van der Waals surface area contributed by atoms with Crippen molar-refractivity contribution in [3.8, 4) is 6.07 Å². The number of rotatable bonds is 3. The molecule has 17 heavy (non-hydrogen) atoms. The van der Waals surface area contributed by atoms with Crippen LogP contribution in [0.2, 0.25) is 0 Å². The molecular weight excluding hydrogens is 214 g/mol. The summed E-state index contributed by atoms with van der Waals surface area (Å²) in [5, 5.41) is 8.80. The van der Waals surface area contributed by atoms with Gasteiger partial charge in [-0.2, -0.15) is 5.26 Å². The summed E-state index contributed by atoms with van der Waals surface area (Å²) >= 11 is 0. The molecule has 4 nitrogen and oxygen atoms in total. The van der Waals surface area contributed by atoms with Crippen molar-refractivity contribution in [1.82, 2.24) is 9.88 Å². The number of nitrogens with zero attached hydrogens (tertiary/aromatic N) is 3. The molecule has 0 radical (unpaired) electrons. The molecule has 2 rings (SSSR count). The number of likely N-dealkylation sites (N-methyl/N-ethyl adjacent to an activating group) is 1. The number of pyridine rings is 1. The highest BCUT2D eigenvalue weighted by atomic mass is 16.5. The smallest absolute Gasteiger partial charge is 0.140 e. The third kappa shape index (κ3) is 2.82. The Kier molecular flexibility index (Phi) is 3.72. The van der Waals surface area contributed by atoms with E-state index in [1.165, 1.54) is 0 Å². The van der Waals surface area contributed by atoms with E-state index in [-0.39, 0.29) is 6.10 Å². The van der Waals surface area contributed by atoms with Gasteiger partial charge in [-0.05, 0) is 38.1 Å². The van der Waals surface area contributed by atoms with E-state index in [9.17, 15) is 0 Å². The Morgan fingerprint density at radius 1 is 1.65 bits per heavy atom. The molecule has 2 heterocycles. The normalized spacial score (nSPS) is 23.9. The van der Waals surface area contributed by atoms with Crippen LogP contribution in [-0.2, 0) is 11.3 Å². The molecule has 4 heteroatoms. The quantitative estimate of drug-likeness (QED) is 0.792. The van der Waals surface area contributed by atoms with Crippen LogP contribution in [0, 0.1) is 11.3 Å². The highest BCUT2D eigenvalue weighted by Gasteiger charge is 2.27. The molecule has 90 valence electrons. The van der Waals surface area contributed by atoms with Crippen molar-refractivity contribution in [1.29, 1.82) is 5.26 Å². The lowest BCUT2D eigenvalue weighted by molar-refractivity contribution is 0.0814. The molecule has 1 aromatic rings. The van der Waals surface area contributed by atoms with Gasteiger partial charge in [0.2, 0.25) is 0 Å². The van der Waals surface area contributed by atoms with E-state index in [0.29, 0.717) is 11.7 Å². The van der Waals surface area contributed by atoms with Crippen molar-refractivity contribution in [2.24, 2.45) is 0 Å². The summed E-state index contributed by atoms with van der Waals surface area (Å²) < 4.78 is 5.56. The topological polar surface area (TPSA) is 49.1 Å². The summed E-state index contributed by atoms with van der Waals surface area (Å²) in [6, 6.07) is 6.33. The fourth-order valence-corrected chi connectivity index (χ4v) is 2.34. The predicted molar refractivity (Wildman–Crippen MR) is 64.2 cm³/mol. The van der Waals surface area contributed by atoms with E-state index >= 15 is 0 Å². The SMILES string of the molecule is CC1OCCC1N(C)Cc1ccnc(C#N)c1. The van der Waals surface area contributed by atoms with Crippen LogP contribution < -0.4 is 0 Å². The number of nitriles is 1. The van der Waals surface area contributed by atoms with Crippen molar-refractivity contribution in [3.63, 3.8) is 0 Å². The van der Waals surface area contributed by atoms with E-state index in [1.54, 1.807) is 6.20 Å². The molecule has 1 aliphatic heterocycles. The molecule has 2 unspecified atom stereocenters. The van der Waals surface area contributed by atoms with Crippen molar-refractivity contribution < 1.29 is 4.74 Å². The largest absolute Gasteiger partial charge is 0.377 e. The summed E-state index contributed by atoms with van der Waals surface area (Å²) in [7, 11) is 2.10. The summed E-state index contributed by atoms with van der Waals surface area (Å²) in [4.78, 5) is 6.26. The molecule has 1 aliphatic rings. The average molecular weight is 231 g/mol. The van der Waals surface area contributed by atoms with Crippen LogP contribution >= 0.6 is 0 Å². The molecule has 0 bridgehead atoms. The maximum absolute atomic E-state index is 8.80. The number of aromatic nitrogens is 1. The van der Waals surface area contributed by atoms with E-state index in [2.05, 4.69) is 29.9 Å². The molecule has 1 fully saturated rings. The first kappa shape index (κ1) is 12.0. The van der Waals surface area contributed by atoms with Crippen LogP contribution in [0.5, 0.6) is 0 Å². The van der Waals surface area contributed by atoms with E-state index < -0.39 is 0 Å². The van der Waals surface area contributed by atoms with Crippen LogP contribution in [0.25, 0.3) is 0 Å². The molecular formula is C13H17N3O.